The highest BCUT2D eigenvalue weighted by Crippen LogP contribution is 2.59. The van der Waals surface area contributed by atoms with E-state index in [-0.39, 0.29) is 29.8 Å². The second-order valence-electron chi connectivity index (χ2n) is 7.82. The van der Waals surface area contributed by atoms with Crippen LogP contribution >= 0.6 is 11.8 Å². The highest BCUT2D eigenvalue weighted by molar-refractivity contribution is 7.98. The van der Waals surface area contributed by atoms with Gasteiger partial charge in [0.1, 0.15) is 5.75 Å². The lowest BCUT2D eigenvalue weighted by atomic mass is 9.90. The summed E-state index contributed by atoms with van der Waals surface area (Å²) in [6.07, 6.45) is 4.72. The maximum absolute atomic E-state index is 12.7. The maximum Gasteiger partial charge on any atom is 0.260 e. The predicted octanol–water partition coefficient (Wildman–Crippen LogP) is 4.05. The van der Waals surface area contributed by atoms with E-state index in [4.69, 9.17) is 4.74 Å². The monoisotopic (exact) mass is 410 g/mol. The Hall–Kier alpha value is -2.47. The van der Waals surface area contributed by atoms with Crippen molar-refractivity contribution < 1.29 is 14.3 Å². The Bertz CT molecular complexity index is 861. The fraction of sp³-hybridized carbons (Fsp3) is 0.391. The molecule has 1 heterocycles. The maximum atomic E-state index is 12.7. The van der Waals surface area contributed by atoms with Gasteiger partial charge in [-0.1, -0.05) is 18.2 Å². The Morgan fingerprint density at radius 1 is 1.10 bits per heavy atom. The molecular formula is C23H26N2O3S. The first-order valence-corrected chi connectivity index (χ1v) is 11.2. The van der Waals surface area contributed by atoms with E-state index in [2.05, 4.69) is 5.32 Å². The smallest absolute Gasteiger partial charge is 0.260 e. The summed E-state index contributed by atoms with van der Waals surface area (Å²) >= 11 is 1.68. The number of benzene rings is 2. The molecule has 2 aliphatic rings. The van der Waals surface area contributed by atoms with Gasteiger partial charge in [-0.2, -0.15) is 0 Å². The summed E-state index contributed by atoms with van der Waals surface area (Å²) in [6, 6.07) is 17.3. The number of hydrogen-bond acceptors (Lipinski definition) is 4. The van der Waals surface area contributed by atoms with Crippen LogP contribution in [0.2, 0.25) is 0 Å². The number of rotatable bonds is 6. The highest BCUT2D eigenvalue weighted by atomic mass is 32.2. The van der Waals surface area contributed by atoms with Crippen molar-refractivity contribution in [3.8, 4) is 5.75 Å². The van der Waals surface area contributed by atoms with Crippen LogP contribution in [0.1, 0.15) is 19.3 Å². The van der Waals surface area contributed by atoms with Crippen LogP contribution in [0.3, 0.4) is 0 Å². The quantitative estimate of drug-likeness (QED) is 0.730. The molecule has 152 valence electrons. The molecule has 2 aromatic rings. The van der Waals surface area contributed by atoms with Gasteiger partial charge in [0, 0.05) is 29.6 Å². The van der Waals surface area contributed by atoms with Crippen LogP contribution in [-0.2, 0) is 9.59 Å². The summed E-state index contributed by atoms with van der Waals surface area (Å²) in [5.74, 6) is 0.882. The Morgan fingerprint density at radius 2 is 1.79 bits per heavy atom. The molecule has 5 nitrogen and oxygen atoms in total. The van der Waals surface area contributed by atoms with Crippen LogP contribution in [0.5, 0.6) is 5.75 Å². The molecule has 2 fully saturated rings. The van der Waals surface area contributed by atoms with Crippen molar-refractivity contribution >= 4 is 29.3 Å². The zero-order chi connectivity index (χ0) is 20.3. The molecule has 1 aliphatic carbocycles. The summed E-state index contributed by atoms with van der Waals surface area (Å²) in [7, 11) is 0. The average Bonchev–Trinajstić information content (AvgIpc) is 3.47. The molecular weight excluding hydrogens is 384 g/mol. The van der Waals surface area contributed by atoms with Crippen LogP contribution in [0.25, 0.3) is 0 Å². The number of likely N-dealkylation sites (tertiary alicyclic amines) is 1. The number of amides is 2. The van der Waals surface area contributed by atoms with Gasteiger partial charge in [-0.3, -0.25) is 9.59 Å². The molecule has 6 heteroatoms. The van der Waals surface area contributed by atoms with Crippen LogP contribution < -0.4 is 10.1 Å². The van der Waals surface area contributed by atoms with E-state index < -0.39 is 0 Å². The molecule has 0 aromatic heterocycles. The molecule has 1 saturated heterocycles. The van der Waals surface area contributed by atoms with Gasteiger partial charge >= 0.3 is 0 Å². The summed E-state index contributed by atoms with van der Waals surface area (Å²) in [4.78, 5) is 28.1. The molecule has 1 saturated carbocycles. The number of piperidine rings is 1. The zero-order valence-electron chi connectivity index (χ0n) is 16.6. The van der Waals surface area contributed by atoms with Gasteiger partial charge in [0.2, 0.25) is 5.91 Å². The van der Waals surface area contributed by atoms with E-state index in [9.17, 15) is 9.59 Å². The lowest BCUT2D eigenvalue weighted by molar-refractivity contribution is -0.135. The molecule has 4 rings (SSSR count). The van der Waals surface area contributed by atoms with Gasteiger partial charge in [-0.25, -0.2) is 0 Å². The topological polar surface area (TPSA) is 58.6 Å². The van der Waals surface area contributed by atoms with Crippen LogP contribution in [-0.4, -0.2) is 42.7 Å². The standard InChI is InChI=1S/C23H26N2O3S/c1-29-19-9-7-17(8-10-19)24-22(27)20-15-23(20)11-13-25(14-12-23)21(26)16-28-18-5-3-2-4-6-18/h2-10,20H,11-16H2,1H3,(H,24,27)/t20-/m1/s1. The first-order valence-electron chi connectivity index (χ1n) is 10.0. The summed E-state index contributed by atoms with van der Waals surface area (Å²) in [6.45, 7) is 1.46. The van der Waals surface area contributed by atoms with E-state index >= 15 is 0 Å². The summed E-state index contributed by atoms with van der Waals surface area (Å²) < 4.78 is 5.57. The number of hydrogen-bond donors (Lipinski definition) is 1. The van der Waals surface area contributed by atoms with Crippen LogP contribution in [0.15, 0.2) is 59.5 Å². The molecule has 2 aromatic carbocycles. The van der Waals surface area contributed by atoms with Gasteiger partial charge in [-0.15, -0.1) is 11.8 Å². The van der Waals surface area contributed by atoms with Gasteiger partial charge < -0.3 is 15.0 Å². The van der Waals surface area contributed by atoms with Gasteiger partial charge in [0.15, 0.2) is 6.61 Å². The third kappa shape index (κ3) is 4.58. The lowest BCUT2D eigenvalue weighted by Crippen LogP contribution is -2.42. The van der Waals surface area contributed by atoms with Crippen molar-refractivity contribution in [3.05, 3.63) is 54.6 Å². The lowest BCUT2D eigenvalue weighted by Gasteiger charge is -2.32. The van der Waals surface area contributed by atoms with E-state index in [1.54, 1.807) is 11.8 Å². The predicted molar refractivity (Wildman–Crippen MR) is 115 cm³/mol. The summed E-state index contributed by atoms with van der Waals surface area (Å²) in [5, 5.41) is 3.05. The molecule has 29 heavy (non-hydrogen) atoms. The number of para-hydroxylation sites is 1. The first-order chi connectivity index (χ1) is 14.1. The van der Waals surface area contributed by atoms with E-state index in [0.29, 0.717) is 18.8 Å². The van der Waals surface area contributed by atoms with E-state index in [1.807, 2.05) is 65.8 Å². The van der Waals surface area contributed by atoms with Crippen molar-refractivity contribution in [3.63, 3.8) is 0 Å². The molecule has 0 unspecified atom stereocenters. The van der Waals surface area contributed by atoms with Crippen molar-refractivity contribution in [1.82, 2.24) is 4.90 Å². The number of thioether (sulfide) groups is 1. The first kappa shape index (κ1) is 19.8. The molecule has 0 radical (unpaired) electrons. The minimum atomic E-state index is 0.0132. The fourth-order valence-corrected chi connectivity index (χ4v) is 4.54. The number of carbonyl (C=O) groups is 2. The van der Waals surface area contributed by atoms with Crippen LogP contribution in [0.4, 0.5) is 5.69 Å². The third-order valence-corrected chi connectivity index (χ3v) is 6.82. The fourth-order valence-electron chi connectivity index (χ4n) is 4.13. The minimum absolute atomic E-state index is 0.0132. The zero-order valence-corrected chi connectivity index (χ0v) is 17.4. The molecule has 1 N–H and O–H groups in total. The Kier molecular flexibility index (Phi) is 5.81. The number of carbonyl (C=O) groups excluding carboxylic acids is 2. The molecule has 1 atom stereocenters. The summed E-state index contributed by atoms with van der Waals surface area (Å²) in [5.41, 5.74) is 0.918. The molecule has 1 spiro atoms. The van der Waals surface area contributed by atoms with E-state index in [0.717, 1.165) is 24.9 Å². The number of anilines is 1. The third-order valence-electron chi connectivity index (χ3n) is 6.08. The SMILES string of the molecule is CSc1ccc(NC(=O)[C@H]2CC23CCN(C(=O)COc2ccccc2)CC3)cc1. The van der Waals surface area contributed by atoms with Gasteiger partial charge in [-0.05, 0) is 67.3 Å². The second kappa shape index (κ2) is 8.49. The second-order valence-corrected chi connectivity index (χ2v) is 8.70. The minimum Gasteiger partial charge on any atom is -0.484 e. The van der Waals surface area contributed by atoms with Crippen molar-refractivity contribution in [2.45, 2.75) is 24.2 Å². The molecule has 0 bridgehead atoms. The normalized spacial score (nSPS) is 19.6. The van der Waals surface area contributed by atoms with Crippen molar-refractivity contribution in [1.29, 1.82) is 0 Å². The van der Waals surface area contributed by atoms with Crippen LogP contribution in [0, 0.1) is 11.3 Å². The molecule has 2 amide bonds. The molecule has 1 aliphatic heterocycles. The number of nitrogens with zero attached hydrogens (tertiary/aromatic N) is 1. The van der Waals surface area contributed by atoms with Gasteiger partial charge in [0.25, 0.3) is 5.91 Å². The van der Waals surface area contributed by atoms with Gasteiger partial charge in [0.05, 0.1) is 0 Å². The Balaban J connectivity index is 1.24. The van der Waals surface area contributed by atoms with Crippen molar-refractivity contribution in [2.24, 2.45) is 11.3 Å². The number of ether oxygens (including phenoxy) is 1. The average molecular weight is 411 g/mol. The highest BCUT2D eigenvalue weighted by Gasteiger charge is 2.58. The van der Waals surface area contributed by atoms with E-state index in [1.165, 1.54) is 4.90 Å². The largest absolute Gasteiger partial charge is 0.484 e. The van der Waals surface area contributed by atoms with Crippen molar-refractivity contribution in [2.75, 3.05) is 31.3 Å². The number of nitrogens with one attached hydrogen (secondary N) is 1. The Morgan fingerprint density at radius 3 is 2.45 bits per heavy atom. The Labute approximate surface area is 175 Å².